The number of aromatic nitrogens is 1. The molecule has 1 N–H and O–H groups in total. The van der Waals surface area contributed by atoms with Crippen LogP contribution in [0, 0.1) is 5.92 Å². The van der Waals surface area contributed by atoms with Gasteiger partial charge in [0, 0.05) is 17.3 Å². The molecule has 0 amide bonds. The summed E-state index contributed by atoms with van der Waals surface area (Å²) in [5.41, 5.74) is -0.120. The second kappa shape index (κ2) is 4.85. The van der Waals surface area contributed by atoms with Gasteiger partial charge < -0.3 is 5.32 Å². The maximum absolute atomic E-state index is 4.88. The van der Waals surface area contributed by atoms with E-state index in [2.05, 4.69) is 24.1 Å². The first kappa shape index (κ1) is 12.5. The van der Waals surface area contributed by atoms with E-state index in [-0.39, 0.29) is 5.54 Å². The molecule has 0 spiro atoms. The van der Waals surface area contributed by atoms with E-state index < -0.39 is 0 Å². The Kier molecular flexibility index (Phi) is 3.36. The molecule has 0 aromatic carbocycles. The van der Waals surface area contributed by atoms with Crippen molar-refractivity contribution in [3.63, 3.8) is 0 Å². The van der Waals surface area contributed by atoms with Gasteiger partial charge in [-0.2, -0.15) is 0 Å². The van der Waals surface area contributed by atoms with Gasteiger partial charge in [-0.15, -0.1) is 11.3 Å². The lowest BCUT2D eigenvalue weighted by atomic mass is 10.1. The van der Waals surface area contributed by atoms with Gasteiger partial charge in [-0.25, -0.2) is 4.98 Å². The number of thioether (sulfide) groups is 1. The van der Waals surface area contributed by atoms with E-state index in [0.717, 1.165) is 16.1 Å². The van der Waals surface area contributed by atoms with Gasteiger partial charge in [-0.05, 0) is 32.6 Å². The molecular weight excluding hydrogens is 262 g/mol. The van der Waals surface area contributed by atoms with Crippen LogP contribution in [0.2, 0.25) is 0 Å². The molecule has 5 heteroatoms. The van der Waals surface area contributed by atoms with Gasteiger partial charge in [0.1, 0.15) is 5.01 Å². The quantitative estimate of drug-likeness (QED) is 0.904. The minimum atomic E-state index is -0.120. The third-order valence-electron chi connectivity index (χ3n) is 3.72. The van der Waals surface area contributed by atoms with Gasteiger partial charge in [0.2, 0.25) is 0 Å². The number of thiazole rings is 1. The topological polar surface area (TPSA) is 37.3 Å². The SMILES string of the molecule is CC(C)(NC1=NC2CCCC2CS1)c1nccs1. The smallest absolute Gasteiger partial charge is 0.157 e. The van der Waals surface area contributed by atoms with Crippen molar-refractivity contribution in [3.05, 3.63) is 16.6 Å². The first-order chi connectivity index (χ1) is 8.65. The Labute approximate surface area is 116 Å². The second-order valence-corrected chi connectivity index (χ2v) is 7.49. The molecule has 98 valence electrons. The highest BCUT2D eigenvalue weighted by Gasteiger charge is 2.33. The largest absolute Gasteiger partial charge is 0.354 e. The fourth-order valence-corrected chi connectivity index (χ4v) is 4.69. The minimum absolute atomic E-state index is 0.120. The van der Waals surface area contributed by atoms with Gasteiger partial charge in [-0.3, -0.25) is 4.99 Å². The Hall–Kier alpha value is -0.550. The third-order valence-corrected chi connectivity index (χ3v) is 5.90. The molecule has 2 heterocycles. The van der Waals surface area contributed by atoms with Gasteiger partial charge in [-0.1, -0.05) is 18.2 Å². The van der Waals surface area contributed by atoms with Crippen LogP contribution in [0.25, 0.3) is 0 Å². The summed E-state index contributed by atoms with van der Waals surface area (Å²) >= 11 is 3.58. The predicted octanol–water partition coefficient (Wildman–Crippen LogP) is 3.24. The Bertz CT molecular complexity index is 439. The maximum atomic E-state index is 4.88. The Morgan fingerprint density at radius 3 is 3.06 bits per heavy atom. The van der Waals surface area contributed by atoms with Crippen molar-refractivity contribution in [1.82, 2.24) is 10.3 Å². The summed E-state index contributed by atoms with van der Waals surface area (Å²) in [5, 5.41) is 7.83. The van der Waals surface area contributed by atoms with Crippen LogP contribution in [0.5, 0.6) is 0 Å². The lowest BCUT2D eigenvalue weighted by molar-refractivity contribution is 0.476. The van der Waals surface area contributed by atoms with E-state index in [0.29, 0.717) is 6.04 Å². The van der Waals surface area contributed by atoms with Gasteiger partial charge in [0.25, 0.3) is 0 Å². The molecule has 0 radical (unpaired) electrons. The van der Waals surface area contributed by atoms with Crippen LogP contribution < -0.4 is 5.32 Å². The number of aliphatic imine (C=N–C) groups is 1. The van der Waals surface area contributed by atoms with Crippen LogP contribution in [0.1, 0.15) is 38.1 Å². The highest BCUT2D eigenvalue weighted by atomic mass is 32.2. The van der Waals surface area contributed by atoms with Crippen LogP contribution in [0.15, 0.2) is 16.6 Å². The summed E-state index contributed by atoms with van der Waals surface area (Å²) in [4.78, 5) is 9.30. The summed E-state index contributed by atoms with van der Waals surface area (Å²) in [7, 11) is 0. The molecule has 18 heavy (non-hydrogen) atoms. The normalized spacial score (nSPS) is 27.8. The fourth-order valence-electron chi connectivity index (χ4n) is 2.68. The third kappa shape index (κ3) is 2.43. The maximum Gasteiger partial charge on any atom is 0.157 e. The zero-order valence-corrected chi connectivity index (χ0v) is 12.5. The van der Waals surface area contributed by atoms with E-state index >= 15 is 0 Å². The lowest BCUT2D eigenvalue weighted by Gasteiger charge is -2.30. The number of hydrogen-bond acceptors (Lipinski definition) is 5. The molecule has 2 unspecified atom stereocenters. The van der Waals surface area contributed by atoms with E-state index in [4.69, 9.17) is 4.99 Å². The Morgan fingerprint density at radius 1 is 1.39 bits per heavy atom. The van der Waals surface area contributed by atoms with Crippen molar-refractivity contribution >= 4 is 28.3 Å². The summed E-state index contributed by atoms with van der Waals surface area (Å²) in [6.07, 6.45) is 5.85. The molecule has 2 aliphatic rings. The highest BCUT2D eigenvalue weighted by molar-refractivity contribution is 8.13. The summed E-state index contributed by atoms with van der Waals surface area (Å²) < 4.78 is 0. The summed E-state index contributed by atoms with van der Waals surface area (Å²) in [6.45, 7) is 4.35. The number of amidine groups is 1. The molecule has 1 aromatic heterocycles. The van der Waals surface area contributed by atoms with E-state index in [1.165, 1.54) is 25.0 Å². The summed E-state index contributed by atoms with van der Waals surface area (Å²) in [6, 6.07) is 0.570. The molecule has 0 saturated heterocycles. The average molecular weight is 281 g/mol. The van der Waals surface area contributed by atoms with Gasteiger partial charge in [0.15, 0.2) is 5.17 Å². The Morgan fingerprint density at radius 2 is 2.28 bits per heavy atom. The van der Waals surface area contributed by atoms with Gasteiger partial charge in [0.05, 0.1) is 11.6 Å². The zero-order valence-electron chi connectivity index (χ0n) is 10.8. The average Bonchev–Trinajstić information content (AvgIpc) is 2.99. The highest BCUT2D eigenvalue weighted by Crippen LogP contribution is 2.36. The lowest BCUT2D eigenvalue weighted by Crippen LogP contribution is -2.42. The molecule has 0 bridgehead atoms. The van der Waals surface area contributed by atoms with Crippen LogP contribution in [-0.2, 0) is 5.54 Å². The molecule has 1 fully saturated rings. The van der Waals surface area contributed by atoms with Crippen molar-refractivity contribution in [1.29, 1.82) is 0 Å². The van der Waals surface area contributed by atoms with E-state index in [9.17, 15) is 0 Å². The number of fused-ring (bicyclic) bond motifs is 1. The van der Waals surface area contributed by atoms with Crippen LogP contribution in [0.4, 0.5) is 0 Å². The Balaban J connectivity index is 1.73. The first-order valence-electron chi connectivity index (χ1n) is 6.54. The molecule has 3 nitrogen and oxygen atoms in total. The molecule has 2 atom stereocenters. The van der Waals surface area contributed by atoms with Crippen LogP contribution in [-0.4, -0.2) is 21.9 Å². The number of hydrogen-bond donors (Lipinski definition) is 1. The number of rotatable bonds is 2. The molecule has 1 aliphatic heterocycles. The van der Waals surface area contributed by atoms with E-state index in [1.54, 1.807) is 11.3 Å². The van der Waals surface area contributed by atoms with Crippen LogP contribution >= 0.6 is 23.1 Å². The monoisotopic (exact) mass is 281 g/mol. The molecule has 3 rings (SSSR count). The van der Waals surface area contributed by atoms with Gasteiger partial charge >= 0.3 is 0 Å². The van der Waals surface area contributed by atoms with Crippen molar-refractivity contribution in [2.24, 2.45) is 10.9 Å². The standard InChI is InChI=1S/C13H19N3S2/c1-13(2,11-14-6-7-17-11)16-12-15-10-5-3-4-9(10)8-18-12/h6-7,9-10H,3-5,8H2,1-2H3,(H,15,16). The van der Waals surface area contributed by atoms with Crippen molar-refractivity contribution < 1.29 is 0 Å². The van der Waals surface area contributed by atoms with E-state index in [1.807, 2.05) is 23.3 Å². The molecular formula is C13H19N3S2. The molecule has 1 aromatic rings. The fraction of sp³-hybridized carbons (Fsp3) is 0.692. The van der Waals surface area contributed by atoms with Crippen LogP contribution in [0.3, 0.4) is 0 Å². The molecule has 1 aliphatic carbocycles. The number of nitrogens with one attached hydrogen (secondary N) is 1. The summed E-state index contributed by atoms with van der Waals surface area (Å²) in [5.74, 6) is 2.05. The van der Waals surface area contributed by atoms with Crippen molar-refractivity contribution in [3.8, 4) is 0 Å². The predicted molar refractivity (Wildman–Crippen MR) is 79.3 cm³/mol. The second-order valence-electron chi connectivity index (χ2n) is 5.59. The first-order valence-corrected chi connectivity index (χ1v) is 8.40. The molecule has 1 saturated carbocycles. The minimum Gasteiger partial charge on any atom is -0.354 e. The number of nitrogens with zero attached hydrogens (tertiary/aromatic N) is 2. The van der Waals surface area contributed by atoms with Crippen molar-refractivity contribution in [2.45, 2.75) is 44.7 Å². The van der Waals surface area contributed by atoms with Crippen molar-refractivity contribution in [2.75, 3.05) is 5.75 Å². The zero-order chi connectivity index (χ0) is 12.6.